The Hall–Kier alpha value is -3.67. The predicted octanol–water partition coefficient (Wildman–Crippen LogP) is 4.75. The lowest BCUT2D eigenvalue weighted by atomic mass is 10.1. The van der Waals surface area contributed by atoms with Crippen molar-refractivity contribution in [3.63, 3.8) is 0 Å². The summed E-state index contributed by atoms with van der Waals surface area (Å²) in [5.74, 6) is 2.20. The normalized spacial score (nSPS) is 17.9. The monoisotopic (exact) mass is 486 g/mol. The Morgan fingerprint density at radius 3 is 2.51 bits per heavy atom. The molecule has 35 heavy (non-hydrogen) atoms. The topological polar surface area (TPSA) is 86.0 Å². The number of hydrogen-bond donors (Lipinski definition) is 0. The smallest absolute Gasteiger partial charge is 0.244 e. The van der Waals surface area contributed by atoms with Crippen molar-refractivity contribution >= 4 is 21.5 Å². The van der Waals surface area contributed by atoms with Crippen molar-refractivity contribution in [2.45, 2.75) is 31.7 Å². The summed E-state index contributed by atoms with van der Waals surface area (Å²) >= 11 is 0. The van der Waals surface area contributed by atoms with Crippen LogP contribution in [0.4, 0.5) is 5.69 Å². The van der Waals surface area contributed by atoms with Crippen LogP contribution >= 0.6 is 0 Å². The number of sulfonamides is 1. The van der Waals surface area contributed by atoms with Crippen LogP contribution < -0.4 is 4.74 Å². The third-order valence-electron chi connectivity index (χ3n) is 6.40. The first-order valence-electron chi connectivity index (χ1n) is 11.5. The Morgan fingerprint density at radius 2 is 1.74 bits per heavy atom. The van der Waals surface area contributed by atoms with Gasteiger partial charge < -0.3 is 9.64 Å². The molecule has 2 aliphatic rings. The largest absolute Gasteiger partial charge is 0.454 e. The molecule has 1 saturated heterocycles. The summed E-state index contributed by atoms with van der Waals surface area (Å²) in [6.07, 6.45) is 0. The van der Waals surface area contributed by atoms with Crippen LogP contribution in [-0.2, 0) is 10.0 Å². The molecule has 8 heteroatoms. The van der Waals surface area contributed by atoms with E-state index in [-0.39, 0.29) is 23.0 Å². The summed E-state index contributed by atoms with van der Waals surface area (Å²) in [5.41, 5.74) is 3.96. The summed E-state index contributed by atoms with van der Waals surface area (Å²) < 4.78 is 34.7. The number of rotatable bonds is 2. The van der Waals surface area contributed by atoms with Gasteiger partial charge >= 0.3 is 0 Å². The van der Waals surface area contributed by atoms with E-state index in [1.54, 1.807) is 12.1 Å². The fourth-order valence-electron chi connectivity index (χ4n) is 4.64. The van der Waals surface area contributed by atoms with Crippen LogP contribution in [0.3, 0.4) is 0 Å². The molecule has 2 heterocycles. The number of nitriles is 1. The molecule has 0 bridgehead atoms. The van der Waals surface area contributed by atoms with Gasteiger partial charge in [0.1, 0.15) is 23.3 Å². The summed E-state index contributed by atoms with van der Waals surface area (Å²) in [7, 11) is -3.82. The van der Waals surface area contributed by atoms with Crippen molar-refractivity contribution < 1.29 is 13.2 Å². The number of piperazine rings is 1. The van der Waals surface area contributed by atoms with E-state index in [9.17, 15) is 13.7 Å². The zero-order chi connectivity index (χ0) is 24.7. The Kier molecular flexibility index (Phi) is 5.83. The number of fused-ring (bicyclic) bond motifs is 2. The third kappa shape index (κ3) is 4.18. The highest BCUT2D eigenvalue weighted by Crippen LogP contribution is 2.39. The van der Waals surface area contributed by atoms with Gasteiger partial charge in [0.25, 0.3) is 0 Å². The van der Waals surface area contributed by atoms with Gasteiger partial charge in [-0.2, -0.15) is 9.57 Å². The standard InChI is InChI=1S/C27H26N4O3S/c1-18-9-11-24-22(14-18)27(29-23-10-8-19(2)15-25(23)34-24)30-12-13-31(20(3)17-30)35(32,33)26-7-5-4-6-21(26)16-28/h4-11,14-15,20H,12-13,17H2,1-3H3. The van der Waals surface area contributed by atoms with Crippen LogP contribution in [0.5, 0.6) is 11.5 Å². The van der Waals surface area contributed by atoms with E-state index in [1.165, 1.54) is 16.4 Å². The second kappa shape index (κ2) is 8.84. The molecule has 0 N–H and O–H groups in total. The van der Waals surface area contributed by atoms with E-state index in [1.807, 2.05) is 57.2 Å². The van der Waals surface area contributed by atoms with Crippen molar-refractivity contribution in [1.82, 2.24) is 9.21 Å². The fraction of sp³-hybridized carbons (Fsp3) is 0.259. The van der Waals surface area contributed by atoms with Crippen molar-refractivity contribution in [3.05, 3.63) is 82.9 Å². The Morgan fingerprint density at radius 1 is 1.00 bits per heavy atom. The Labute approximate surface area is 206 Å². The predicted molar refractivity (Wildman–Crippen MR) is 135 cm³/mol. The maximum absolute atomic E-state index is 13.5. The molecule has 0 amide bonds. The van der Waals surface area contributed by atoms with Gasteiger partial charge in [0.05, 0.1) is 16.0 Å². The van der Waals surface area contributed by atoms with Crippen molar-refractivity contribution in [1.29, 1.82) is 5.26 Å². The number of nitrogens with zero attached hydrogens (tertiary/aromatic N) is 4. The van der Waals surface area contributed by atoms with Crippen molar-refractivity contribution in [2.24, 2.45) is 4.99 Å². The molecule has 0 aliphatic carbocycles. The van der Waals surface area contributed by atoms with E-state index >= 15 is 0 Å². The third-order valence-corrected chi connectivity index (χ3v) is 8.47. The van der Waals surface area contributed by atoms with Crippen LogP contribution in [0.2, 0.25) is 0 Å². The molecule has 1 atom stereocenters. The van der Waals surface area contributed by atoms with Gasteiger partial charge in [0, 0.05) is 25.7 Å². The van der Waals surface area contributed by atoms with Gasteiger partial charge in [-0.25, -0.2) is 13.4 Å². The summed E-state index contributed by atoms with van der Waals surface area (Å²) in [5, 5.41) is 9.43. The second-order valence-electron chi connectivity index (χ2n) is 9.03. The van der Waals surface area contributed by atoms with E-state index < -0.39 is 10.0 Å². The van der Waals surface area contributed by atoms with Crippen LogP contribution in [0.1, 0.15) is 29.2 Å². The molecule has 178 valence electrons. The quantitative estimate of drug-likeness (QED) is 0.522. The molecule has 5 rings (SSSR count). The molecule has 3 aromatic rings. The molecule has 7 nitrogen and oxygen atoms in total. The highest BCUT2D eigenvalue weighted by molar-refractivity contribution is 7.89. The molecular formula is C27H26N4O3S. The minimum atomic E-state index is -3.82. The minimum Gasteiger partial charge on any atom is -0.454 e. The van der Waals surface area contributed by atoms with Crippen molar-refractivity contribution in [2.75, 3.05) is 19.6 Å². The molecule has 1 unspecified atom stereocenters. The zero-order valence-corrected chi connectivity index (χ0v) is 20.7. The minimum absolute atomic E-state index is 0.0493. The van der Waals surface area contributed by atoms with Crippen LogP contribution in [0, 0.1) is 25.2 Å². The van der Waals surface area contributed by atoms with E-state index in [0.29, 0.717) is 18.8 Å². The SMILES string of the molecule is Cc1ccc2c(c1)Oc1ccc(C)cc1C(N1CCN(S(=O)(=O)c3ccccc3C#N)C(C)C1)=N2. The maximum Gasteiger partial charge on any atom is 0.244 e. The summed E-state index contributed by atoms with van der Waals surface area (Å²) in [6, 6.07) is 20.0. The first-order valence-corrected chi connectivity index (χ1v) is 13.0. The Bertz CT molecular complexity index is 1490. The first kappa shape index (κ1) is 23.1. The van der Waals surface area contributed by atoms with E-state index in [2.05, 4.69) is 11.0 Å². The average Bonchev–Trinajstić information content (AvgIpc) is 3.00. The molecule has 0 radical (unpaired) electrons. The van der Waals surface area contributed by atoms with Gasteiger partial charge in [0.2, 0.25) is 10.0 Å². The lowest BCUT2D eigenvalue weighted by Gasteiger charge is -2.40. The van der Waals surface area contributed by atoms with Crippen LogP contribution in [0.15, 0.2) is 70.6 Å². The summed E-state index contributed by atoms with van der Waals surface area (Å²) in [4.78, 5) is 7.18. The molecule has 0 saturated carbocycles. The van der Waals surface area contributed by atoms with E-state index in [0.717, 1.165) is 34.0 Å². The molecule has 0 spiro atoms. The number of aliphatic imine (C=N–C) groups is 1. The lowest BCUT2D eigenvalue weighted by Crippen LogP contribution is -2.55. The van der Waals surface area contributed by atoms with Gasteiger partial charge in [0.15, 0.2) is 5.75 Å². The highest BCUT2D eigenvalue weighted by atomic mass is 32.2. The average molecular weight is 487 g/mol. The number of aryl methyl sites for hydroxylation is 2. The van der Waals surface area contributed by atoms with Gasteiger partial charge in [-0.1, -0.05) is 29.8 Å². The number of benzene rings is 3. The van der Waals surface area contributed by atoms with Gasteiger partial charge in [-0.15, -0.1) is 0 Å². The second-order valence-corrected chi connectivity index (χ2v) is 10.9. The van der Waals surface area contributed by atoms with E-state index in [4.69, 9.17) is 9.73 Å². The van der Waals surface area contributed by atoms with Gasteiger partial charge in [-0.3, -0.25) is 0 Å². The fourth-order valence-corrected chi connectivity index (χ4v) is 6.39. The molecule has 3 aromatic carbocycles. The van der Waals surface area contributed by atoms with Gasteiger partial charge in [-0.05, 0) is 62.7 Å². The number of amidine groups is 1. The highest BCUT2D eigenvalue weighted by Gasteiger charge is 2.37. The maximum atomic E-state index is 13.5. The van der Waals surface area contributed by atoms with Crippen LogP contribution in [-0.4, -0.2) is 49.1 Å². The number of ether oxygens (including phenoxy) is 1. The lowest BCUT2D eigenvalue weighted by molar-refractivity contribution is 0.205. The molecule has 2 aliphatic heterocycles. The zero-order valence-electron chi connectivity index (χ0n) is 19.9. The Balaban J connectivity index is 1.51. The number of hydrogen-bond acceptors (Lipinski definition) is 6. The molecular weight excluding hydrogens is 460 g/mol. The molecule has 1 fully saturated rings. The van der Waals surface area contributed by atoms with Crippen molar-refractivity contribution in [3.8, 4) is 17.6 Å². The van der Waals surface area contributed by atoms with Crippen LogP contribution in [0.25, 0.3) is 0 Å². The summed E-state index contributed by atoms with van der Waals surface area (Å²) in [6.45, 7) is 7.14. The molecule has 0 aromatic heterocycles. The first-order chi connectivity index (χ1) is 16.8.